The van der Waals surface area contributed by atoms with E-state index in [1.165, 1.54) is 29.7 Å². The highest BCUT2D eigenvalue weighted by atomic mass is 35.5. The maximum atomic E-state index is 6.27. The van der Waals surface area contributed by atoms with E-state index >= 15 is 0 Å². The van der Waals surface area contributed by atoms with E-state index in [0.717, 1.165) is 24.3 Å². The molecule has 0 aromatic heterocycles. The molecule has 1 saturated carbocycles. The topological polar surface area (TPSA) is 21.3 Å². The van der Waals surface area contributed by atoms with Gasteiger partial charge in [0.25, 0.3) is 0 Å². The van der Waals surface area contributed by atoms with Crippen LogP contribution in [0.15, 0.2) is 30.4 Å². The van der Waals surface area contributed by atoms with Gasteiger partial charge in [-0.3, -0.25) is 0 Å². The van der Waals surface area contributed by atoms with E-state index in [0.29, 0.717) is 6.61 Å². The van der Waals surface area contributed by atoms with Crippen LogP contribution in [0.5, 0.6) is 0 Å². The molecule has 1 saturated heterocycles. The van der Waals surface area contributed by atoms with Crippen molar-refractivity contribution in [3.05, 3.63) is 40.9 Å². The first-order chi connectivity index (χ1) is 9.15. The maximum absolute atomic E-state index is 6.27. The summed E-state index contributed by atoms with van der Waals surface area (Å²) in [5, 5.41) is 4.48. The van der Waals surface area contributed by atoms with Crippen molar-refractivity contribution in [2.75, 3.05) is 11.9 Å². The second-order valence-electron chi connectivity index (χ2n) is 6.15. The number of anilines is 1. The van der Waals surface area contributed by atoms with Gasteiger partial charge in [-0.2, -0.15) is 0 Å². The minimum atomic E-state index is -0.223. The molecule has 0 spiro atoms. The molecule has 3 aliphatic rings. The third-order valence-corrected chi connectivity index (χ3v) is 5.30. The highest BCUT2D eigenvalue weighted by molar-refractivity contribution is 6.30. The van der Waals surface area contributed by atoms with Gasteiger partial charge in [0.1, 0.15) is 5.72 Å². The molecule has 100 valence electrons. The van der Waals surface area contributed by atoms with Crippen LogP contribution in [0.3, 0.4) is 0 Å². The largest absolute Gasteiger partial charge is 0.357 e. The fraction of sp³-hybridized carbons (Fsp3) is 0.500. The molecule has 0 amide bonds. The Kier molecular flexibility index (Phi) is 2.34. The van der Waals surface area contributed by atoms with E-state index < -0.39 is 0 Å². The fourth-order valence-corrected chi connectivity index (χ4v) is 4.46. The zero-order valence-corrected chi connectivity index (χ0v) is 11.7. The average molecular weight is 276 g/mol. The number of hydrogen-bond acceptors (Lipinski definition) is 2. The lowest BCUT2D eigenvalue weighted by molar-refractivity contribution is -0.111. The summed E-state index contributed by atoms with van der Waals surface area (Å²) in [5.41, 5.74) is 3.55. The van der Waals surface area contributed by atoms with Gasteiger partial charge in [0.15, 0.2) is 0 Å². The monoisotopic (exact) mass is 275 g/mol. The van der Waals surface area contributed by atoms with E-state index in [4.69, 9.17) is 16.3 Å². The minimum Gasteiger partial charge on any atom is -0.357 e. The van der Waals surface area contributed by atoms with Crippen LogP contribution in [0.25, 0.3) is 0 Å². The molecule has 0 radical (unpaired) electrons. The Morgan fingerprint density at radius 2 is 2.11 bits per heavy atom. The second kappa shape index (κ2) is 3.77. The highest BCUT2D eigenvalue weighted by Crippen LogP contribution is 2.60. The zero-order valence-electron chi connectivity index (χ0n) is 11.0. The van der Waals surface area contributed by atoms with Crippen molar-refractivity contribution in [1.29, 1.82) is 0 Å². The maximum Gasteiger partial charge on any atom is 0.149 e. The van der Waals surface area contributed by atoms with Crippen LogP contribution in [-0.4, -0.2) is 12.3 Å². The Labute approximate surface area is 118 Å². The van der Waals surface area contributed by atoms with Gasteiger partial charge >= 0.3 is 0 Å². The fourth-order valence-electron chi connectivity index (χ4n) is 4.29. The van der Waals surface area contributed by atoms with Crippen LogP contribution >= 0.6 is 11.6 Å². The predicted octanol–water partition coefficient (Wildman–Crippen LogP) is 4.25. The van der Waals surface area contributed by atoms with E-state index in [1.54, 1.807) is 0 Å². The number of rotatable bonds is 0. The molecule has 2 fully saturated rings. The Morgan fingerprint density at radius 1 is 1.26 bits per heavy atom. The molecule has 4 rings (SSSR count). The van der Waals surface area contributed by atoms with E-state index in [1.807, 2.05) is 6.07 Å². The van der Waals surface area contributed by atoms with Gasteiger partial charge in [-0.15, -0.1) is 0 Å². The summed E-state index contributed by atoms with van der Waals surface area (Å²) in [6.07, 6.45) is 5.74. The Bertz CT molecular complexity index is 570. The molecule has 2 heterocycles. The molecule has 1 N–H and O–H groups in total. The van der Waals surface area contributed by atoms with Crippen LogP contribution in [0.1, 0.15) is 37.7 Å². The molecule has 1 aromatic rings. The van der Waals surface area contributed by atoms with Gasteiger partial charge < -0.3 is 10.1 Å². The number of halogens is 1. The number of nitrogens with one attached hydrogen (secondary N) is 1. The number of hydrogen-bond donors (Lipinski definition) is 1. The first-order valence-electron chi connectivity index (χ1n) is 7.04. The molecule has 1 aliphatic carbocycles. The Hall–Kier alpha value is -0.990. The highest BCUT2D eigenvalue weighted by Gasteiger charge is 2.61. The number of ether oxygens (including phenoxy) is 1. The standard InChI is InChI=1S/C16H18ClNO/c1-11-9-15-6-2-3-7-16(15,19-10-11)18-14-5-4-12(17)8-13(14)15/h4-5,8,18H,1-3,6-7,9-10H2/t15-,16-/m0/s1. The second-order valence-corrected chi connectivity index (χ2v) is 6.58. The summed E-state index contributed by atoms with van der Waals surface area (Å²) in [6, 6.07) is 6.18. The van der Waals surface area contributed by atoms with Crippen LogP contribution in [0.2, 0.25) is 5.02 Å². The first kappa shape index (κ1) is 11.8. The third-order valence-electron chi connectivity index (χ3n) is 5.06. The average Bonchev–Trinajstić information content (AvgIpc) is 2.69. The van der Waals surface area contributed by atoms with Crippen LogP contribution in [-0.2, 0) is 10.2 Å². The summed E-state index contributed by atoms with van der Waals surface area (Å²) in [7, 11) is 0. The van der Waals surface area contributed by atoms with E-state index in [-0.39, 0.29) is 11.1 Å². The molecule has 2 nitrogen and oxygen atoms in total. The molecule has 2 aliphatic heterocycles. The lowest BCUT2D eigenvalue weighted by Crippen LogP contribution is -2.59. The van der Waals surface area contributed by atoms with Crippen LogP contribution in [0, 0.1) is 0 Å². The normalized spacial score (nSPS) is 36.2. The Balaban J connectivity index is 1.94. The van der Waals surface area contributed by atoms with Crippen molar-refractivity contribution >= 4 is 17.3 Å². The van der Waals surface area contributed by atoms with E-state index in [9.17, 15) is 0 Å². The van der Waals surface area contributed by atoms with Crippen molar-refractivity contribution in [1.82, 2.24) is 0 Å². The molecule has 0 unspecified atom stereocenters. The SMILES string of the molecule is C=C1CO[C@@]23CCCC[C@]2(C1)c1cc(Cl)ccc1N3. The van der Waals surface area contributed by atoms with Crippen molar-refractivity contribution in [3.63, 3.8) is 0 Å². The number of fused-ring (bicyclic) bond motifs is 1. The summed E-state index contributed by atoms with van der Waals surface area (Å²) in [4.78, 5) is 0. The molecule has 0 bridgehead atoms. The molecule has 1 aromatic carbocycles. The molecule has 19 heavy (non-hydrogen) atoms. The summed E-state index contributed by atoms with van der Waals surface area (Å²) >= 11 is 6.23. The van der Waals surface area contributed by atoms with Gasteiger partial charge in [0.2, 0.25) is 0 Å². The zero-order chi connectivity index (χ0) is 13.1. The van der Waals surface area contributed by atoms with Gasteiger partial charge in [0.05, 0.1) is 6.61 Å². The predicted molar refractivity (Wildman–Crippen MR) is 77.7 cm³/mol. The van der Waals surface area contributed by atoms with E-state index in [2.05, 4.69) is 24.0 Å². The van der Waals surface area contributed by atoms with Gasteiger partial charge in [0, 0.05) is 16.1 Å². The van der Waals surface area contributed by atoms with Crippen molar-refractivity contribution < 1.29 is 4.74 Å². The number of benzene rings is 1. The smallest absolute Gasteiger partial charge is 0.149 e. The lowest BCUT2D eigenvalue weighted by atomic mass is 9.61. The van der Waals surface area contributed by atoms with Crippen molar-refractivity contribution in [3.8, 4) is 0 Å². The molecule has 2 atom stereocenters. The van der Waals surface area contributed by atoms with Gasteiger partial charge in [-0.1, -0.05) is 30.2 Å². The summed E-state index contributed by atoms with van der Waals surface area (Å²) in [6.45, 7) is 4.84. The van der Waals surface area contributed by atoms with Gasteiger partial charge in [-0.25, -0.2) is 0 Å². The van der Waals surface area contributed by atoms with Crippen molar-refractivity contribution in [2.24, 2.45) is 0 Å². The Morgan fingerprint density at radius 3 is 3.00 bits per heavy atom. The molecule has 3 heteroatoms. The minimum absolute atomic E-state index is 0.0425. The van der Waals surface area contributed by atoms with Crippen LogP contribution < -0.4 is 5.32 Å². The quantitative estimate of drug-likeness (QED) is 0.715. The molecular weight excluding hydrogens is 258 g/mol. The van der Waals surface area contributed by atoms with Gasteiger partial charge in [-0.05, 0) is 49.4 Å². The lowest BCUT2D eigenvalue weighted by Gasteiger charge is -2.52. The van der Waals surface area contributed by atoms with Crippen LogP contribution in [0.4, 0.5) is 5.69 Å². The molecular formula is C16H18ClNO. The summed E-state index contributed by atoms with van der Waals surface area (Å²) in [5.74, 6) is 0. The summed E-state index contributed by atoms with van der Waals surface area (Å²) < 4.78 is 6.27. The first-order valence-corrected chi connectivity index (χ1v) is 7.42. The van der Waals surface area contributed by atoms with Crippen molar-refractivity contribution in [2.45, 2.75) is 43.2 Å². The third kappa shape index (κ3) is 1.42.